The van der Waals surface area contributed by atoms with Gasteiger partial charge in [0.25, 0.3) is 0 Å². The quantitative estimate of drug-likeness (QED) is 0.779. The minimum Gasteiger partial charge on any atom is -0.310 e. The van der Waals surface area contributed by atoms with Crippen molar-refractivity contribution in [2.45, 2.75) is 51.7 Å². The van der Waals surface area contributed by atoms with Crippen molar-refractivity contribution in [3.05, 3.63) is 33.8 Å². The van der Waals surface area contributed by atoms with Gasteiger partial charge in [-0.25, -0.2) is 0 Å². The maximum atomic E-state index is 3.71. The molecule has 2 nitrogen and oxygen atoms in total. The molecular formula is C16H25BrN2. The first-order chi connectivity index (χ1) is 9.19. The molecule has 0 atom stereocenters. The van der Waals surface area contributed by atoms with Crippen LogP contribution in [0.15, 0.2) is 22.7 Å². The molecule has 0 heterocycles. The van der Waals surface area contributed by atoms with Crippen molar-refractivity contribution < 1.29 is 0 Å². The topological polar surface area (TPSA) is 15.3 Å². The largest absolute Gasteiger partial charge is 0.310 e. The van der Waals surface area contributed by atoms with E-state index in [4.69, 9.17) is 0 Å². The monoisotopic (exact) mass is 324 g/mol. The van der Waals surface area contributed by atoms with Gasteiger partial charge in [0.15, 0.2) is 0 Å². The van der Waals surface area contributed by atoms with Crippen molar-refractivity contribution in [2.75, 3.05) is 13.6 Å². The first-order valence-electron chi connectivity index (χ1n) is 7.38. The second kappa shape index (κ2) is 7.41. The Kier molecular flexibility index (Phi) is 5.86. The van der Waals surface area contributed by atoms with E-state index in [2.05, 4.69) is 58.3 Å². The Bertz CT molecular complexity index is 402. The van der Waals surface area contributed by atoms with Crippen LogP contribution in [-0.2, 0) is 13.1 Å². The number of nitrogens with zero attached hydrogens (tertiary/aromatic N) is 1. The van der Waals surface area contributed by atoms with E-state index >= 15 is 0 Å². The number of rotatable bonds is 8. The van der Waals surface area contributed by atoms with Gasteiger partial charge in [0.1, 0.15) is 0 Å². The summed E-state index contributed by atoms with van der Waals surface area (Å²) in [5, 5.41) is 3.56. The van der Waals surface area contributed by atoms with E-state index in [9.17, 15) is 0 Å². The van der Waals surface area contributed by atoms with Gasteiger partial charge in [-0.2, -0.15) is 0 Å². The maximum absolute atomic E-state index is 3.71. The molecule has 106 valence electrons. The number of hydrogen-bond acceptors (Lipinski definition) is 2. The molecule has 0 saturated heterocycles. The van der Waals surface area contributed by atoms with E-state index < -0.39 is 0 Å². The zero-order chi connectivity index (χ0) is 13.7. The fraction of sp³-hybridized carbons (Fsp3) is 0.625. The summed E-state index contributed by atoms with van der Waals surface area (Å²) in [7, 11) is 2.20. The molecule has 0 aliphatic heterocycles. The van der Waals surface area contributed by atoms with Gasteiger partial charge < -0.3 is 10.2 Å². The highest BCUT2D eigenvalue weighted by atomic mass is 79.9. The van der Waals surface area contributed by atoms with Gasteiger partial charge in [-0.3, -0.25) is 0 Å². The van der Waals surface area contributed by atoms with E-state index in [0.717, 1.165) is 19.1 Å². The first kappa shape index (κ1) is 15.0. The Morgan fingerprint density at radius 1 is 1.37 bits per heavy atom. The number of nitrogens with one attached hydrogen (secondary N) is 1. The summed E-state index contributed by atoms with van der Waals surface area (Å²) >= 11 is 3.71. The molecule has 1 aromatic carbocycles. The van der Waals surface area contributed by atoms with Gasteiger partial charge >= 0.3 is 0 Å². The third-order valence-corrected chi connectivity index (χ3v) is 4.36. The SMILES string of the molecule is CCCCN(C)Cc1ccc(CNC2CC2)cc1Br. The molecule has 3 heteroatoms. The van der Waals surface area contributed by atoms with Crippen molar-refractivity contribution in [3.63, 3.8) is 0 Å². The van der Waals surface area contributed by atoms with Crippen LogP contribution in [0, 0.1) is 0 Å². The van der Waals surface area contributed by atoms with Gasteiger partial charge in [0, 0.05) is 23.6 Å². The van der Waals surface area contributed by atoms with Crippen molar-refractivity contribution in [3.8, 4) is 0 Å². The lowest BCUT2D eigenvalue weighted by atomic mass is 10.1. The van der Waals surface area contributed by atoms with Gasteiger partial charge in [0.05, 0.1) is 0 Å². The molecule has 0 spiro atoms. The van der Waals surface area contributed by atoms with Crippen LogP contribution in [0.2, 0.25) is 0 Å². The normalized spacial score (nSPS) is 15.2. The van der Waals surface area contributed by atoms with Crippen LogP contribution < -0.4 is 5.32 Å². The second-order valence-corrected chi connectivity index (χ2v) is 6.53. The lowest BCUT2D eigenvalue weighted by Crippen LogP contribution is -2.19. The fourth-order valence-electron chi connectivity index (χ4n) is 2.18. The van der Waals surface area contributed by atoms with E-state index in [0.29, 0.717) is 0 Å². The van der Waals surface area contributed by atoms with Crippen LogP contribution in [-0.4, -0.2) is 24.5 Å². The summed E-state index contributed by atoms with van der Waals surface area (Å²) in [6.45, 7) is 5.44. The Labute approximate surface area is 125 Å². The second-order valence-electron chi connectivity index (χ2n) is 5.67. The number of benzene rings is 1. The Morgan fingerprint density at radius 3 is 2.79 bits per heavy atom. The van der Waals surface area contributed by atoms with Crippen LogP contribution in [0.1, 0.15) is 43.7 Å². The summed E-state index contributed by atoms with van der Waals surface area (Å²) in [6, 6.07) is 7.55. The highest BCUT2D eigenvalue weighted by Crippen LogP contribution is 2.22. The molecule has 0 bridgehead atoms. The third-order valence-electron chi connectivity index (χ3n) is 3.62. The summed E-state index contributed by atoms with van der Waals surface area (Å²) in [6.07, 6.45) is 5.23. The van der Waals surface area contributed by atoms with Gasteiger partial charge in [0.2, 0.25) is 0 Å². The summed E-state index contributed by atoms with van der Waals surface area (Å²) < 4.78 is 1.24. The predicted octanol–water partition coefficient (Wildman–Crippen LogP) is 3.93. The van der Waals surface area contributed by atoms with Crippen LogP contribution in [0.3, 0.4) is 0 Å². The van der Waals surface area contributed by atoms with E-state index in [-0.39, 0.29) is 0 Å². The smallest absolute Gasteiger partial charge is 0.0241 e. The lowest BCUT2D eigenvalue weighted by Gasteiger charge is -2.17. The van der Waals surface area contributed by atoms with Gasteiger partial charge in [-0.05, 0) is 50.0 Å². The molecule has 1 aliphatic rings. The van der Waals surface area contributed by atoms with Crippen molar-refractivity contribution in [1.82, 2.24) is 10.2 Å². The molecule has 0 amide bonds. The minimum absolute atomic E-state index is 0.777. The molecule has 2 rings (SSSR count). The number of unbranched alkanes of at least 4 members (excludes halogenated alkanes) is 1. The highest BCUT2D eigenvalue weighted by molar-refractivity contribution is 9.10. The molecular weight excluding hydrogens is 300 g/mol. The van der Waals surface area contributed by atoms with Crippen LogP contribution in [0.25, 0.3) is 0 Å². The molecule has 0 aromatic heterocycles. The number of hydrogen-bond donors (Lipinski definition) is 1. The highest BCUT2D eigenvalue weighted by Gasteiger charge is 2.19. The molecule has 1 N–H and O–H groups in total. The fourth-order valence-corrected chi connectivity index (χ4v) is 2.73. The summed E-state index contributed by atoms with van der Waals surface area (Å²) in [4.78, 5) is 2.39. The average molecular weight is 325 g/mol. The van der Waals surface area contributed by atoms with Crippen LogP contribution in [0.5, 0.6) is 0 Å². The summed E-state index contributed by atoms with van der Waals surface area (Å²) in [5.41, 5.74) is 2.76. The third kappa shape index (κ3) is 5.25. The molecule has 1 saturated carbocycles. The molecule has 19 heavy (non-hydrogen) atoms. The van der Waals surface area contributed by atoms with Crippen molar-refractivity contribution in [1.29, 1.82) is 0 Å². The zero-order valence-corrected chi connectivity index (χ0v) is 13.7. The van der Waals surface area contributed by atoms with E-state index in [1.165, 1.54) is 47.8 Å². The standard InChI is InChI=1S/C16H25BrN2/c1-3-4-9-19(2)12-14-6-5-13(10-16(14)17)11-18-15-7-8-15/h5-6,10,15,18H,3-4,7-9,11-12H2,1-2H3. The van der Waals surface area contributed by atoms with Crippen LogP contribution in [0.4, 0.5) is 0 Å². The van der Waals surface area contributed by atoms with E-state index in [1.54, 1.807) is 0 Å². The van der Waals surface area contributed by atoms with Gasteiger partial charge in [-0.1, -0.05) is 41.4 Å². The zero-order valence-electron chi connectivity index (χ0n) is 12.1. The van der Waals surface area contributed by atoms with Crippen LogP contribution >= 0.6 is 15.9 Å². The summed E-state index contributed by atoms with van der Waals surface area (Å²) in [5.74, 6) is 0. The Hall–Kier alpha value is -0.380. The first-order valence-corrected chi connectivity index (χ1v) is 8.17. The van der Waals surface area contributed by atoms with E-state index in [1.807, 2.05) is 0 Å². The molecule has 0 unspecified atom stereocenters. The Balaban J connectivity index is 1.86. The molecule has 1 aliphatic carbocycles. The van der Waals surface area contributed by atoms with Crippen molar-refractivity contribution in [2.24, 2.45) is 0 Å². The maximum Gasteiger partial charge on any atom is 0.0241 e. The average Bonchev–Trinajstić information content (AvgIpc) is 3.21. The van der Waals surface area contributed by atoms with Gasteiger partial charge in [-0.15, -0.1) is 0 Å². The lowest BCUT2D eigenvalue weighted by molar-refractivity contribution is 0.320. The molecule has 1 fully saturated rings. The Morgan fingerprint density at radius 2 is 2.16 bits per heavy atom. The predicted molar refractivity (Wildman–Crippen MR) is 85.2 cm³/mol. The number of halogens is 1. The molecule has 1 aromatic rings. The van der Waals surface area contributed by atoms with Crippen molar-refractivity contribution >= 4 is 15.9 Å². The minimum atomic E-state index is 0.777. The molecule has 0 radical (unpaired) electrons.